The Morgan fingerprint density at radius 1 is 1.19 bits per heavy atom. The van der Waals surface area contributed by atoms with Crippen LogP contribution >= 0.6 is 0 Å². The maximum Gasteiger partial charge on any atom is 0.330 e. The topological polar surface area (TPSA) is 82.6 Å². The molecule has 0 spiro atoms. The smallest absolute Gasteiger partial charge is 0.330 e. The highest BCUT2D eigenvalue weighted by atomic mass is 16.8. The lowest BCUT2D eigenvalue weighted by atomic mass is 10.1. The van der Waals surface area contributed by atoms with Crippen LogP contribution in [0.5, 0.6) is 0 Å². The number of hydrogen-bond donors (Lipinski definition) is 1. The molecule has 7 nitrogen and oxygen atoms in total. The van der Waals surface area contributed by atoms with Crippen molar-refractivity contribution in [1.82, 2.24) is 9.55 Å². The Hall–Kier alpha value is -1.44. The van der Waals surface area contributed by atoms with Gasteiger partial charge in [-0.2, -0.15) is 0 Å². The third kappa shape index (κ3) is 2.95. The number of H-pyrrole nitrogens is 1. The Morgan fingerprint density at radius 3 is 2.43 bits per heavy atom. The number of fused-ring (bicyclic) bond motifs is 1. The van der Waals surface area contributed by atoms with Crippen molar-refractivity contribution in [3.8, 4) is 0 Å². The van der Waals surface area contributed by atoms with Crippen LogP contribution in [0.2, 0.25) is 0 Å². The summed E-state index contributed by atoms with van der Waals surface area (Å²) in [6.45, 7) is 9.52. The first-order chi connectivity index (χ1) is 9.87. The molecule has 3 rings (SSSR count). The van der Waals surface area contributed by atoms with Crippen molar-refractivity contribution < 1.29 is 14.2 Å². The van der Waals surface area contributed by atoms with Crippen molar-refractivity contribution in [1.29, 1.82) is 0 Å². The first-order valence-electron chi connectivity index (χ1n) is 7.20. The summed E-state index contributed by atoms with van der Waals surface area (Å²) >= 11 is 0. The van der Waals surface area contributed by atoms with Crippen LogP contribution in [0.3, 0.4) is 0 Å². The Labute approximate surface area is 122 Å². The molecule has 2 fully saturated rings. The maximum absolute atomic E-state index is 11.8. The van der Waals surface area contributed by atoms with Crippen LogP contribution in [0.1, 0.15) is 40.8 Å². The lowest BCUT2D eigenvalue weighted by molar-refractivity contribution is -0.195. The van der Waals surface area contributed by atoms with Crippen LogP contribution in [0.15, 0.2) is 21.9 Å². The van der Waals surface area contributed by atoms with Crippen molar-refractivity contribution in [2.45, 2.75) is 64.9 Å². The van der Waals surface area contributed by atoms with Gasteiger partial charge >= 0.3 is 5.69 Å². The zero-order valence-corrected chi connectivity index (χ0v) is 13.0. The zero-order valence-electron chi connectivity index (χ0n) is 13.0. The number of aromatic nitrogens is 2. The second kappa shape index (κ2) is 5.75. The maximum atomic E-state index is 11.8. The Balaban J connectivity index is 0.000000774. The summed E-state index contributed by atoms with van der Waals surface area (Å²) in [5.74, 6) is -0.697. The molecule has 2 aliphatic heterocycles. The standard InChI is InChI=1S/C12H16N2O5.C2H6/c1-6-8-9(19-12(2,3)18-8)10(17-6)14-5-4-7(15)13-11(14)16;1-2/h4-6,8-10H,1-3H3,(H,13,15,16);1-2H3. The molecule has 0 amide bonds. The predicted octanol–water partition coefficient (Wildman–Crippen LogP) is 1.00. The highest BCUT2D eigenvalue weighted by molar-refractivity contribution is 4.97. The van der Waals surface area contributed by atoms with Gasteiger partial charge in [-0.3, -0.25) is 14.3 Å². The fraction of sp³-hybridized carbons (Fsp3) is 0.714. The highest BCUT2D eigenvalue weighted by Crippen LogP contribution is 2.42. The monoisotopic (exact) mass is 298 g/mol. The van der Waals surface area contributed by atoms with Gasteiger partial charge < -0.3 is 14.2 Å². The van der Waals surface area contributed by atoms with Crippen LogP contribution < -0.4 is 11.2 Å². The highest BCUT2D eigenvalue weighted by Gasteiger charge is 2.54. The Morgan fingerprint density at radius 2 is 1.81 bits per heavy atom. The molecule has 1 aromatic heterocycles. The van der Waals surface area contributed by atoms with E-state index in [4.69, 9.17) is 14.2 Å². The molecule has 21 heavy (non-hydrogen) atoms. The van der Waals surface area contributed by atoms with Gasteiger partial charge in [0, 0.05) is 12.3 Å². The van der Waals surface area contributed by atoms with Crippen molar-refractivity contribution in [3.63, 3.8) is 0 Å². The van der Waals surface area contributed by atoms with Gasteiger partial charge in [0.1, 0.15) is 12.2 Å². The number of rotatable bonds is 1. The molecule has 4 atom stereocenters. The third-order valence-electron chi connectivity index (χ3n) is 3.39. The van der Waals surface area contributed by atoms with E-state index in [0.29, 0.717) is 0 Å². The minimum Gasteiger partial charge on any atom is -0.349 e. The minimum atomic E-state index is -0.697. The van der Waals surface area contributed by atoms with Crippen molar-refractivity contribution in [2.75, 3.05) is 0 Å². The van der Waals surface area contributed by atoms with Gasteiger partial charge in [-0.1, -0.05) is 13.8 Å². The SMILES string of the molecule is CC.CC1OC(n2ccc(=O)[nH]c2=O)C2OC(C)(C)OC12. The fourth-order valence-corrected chi connectivity index (χ4v) is 2.63. The molecule has 7 heteroatoms. The molecule has 0 saturated carbocycles. The summed E-state index contributed by atoms with van der Waals surface area (Å²) in [6, 6.07) is 1.28. The molecule has 118 valence electrons. The lowest BCUT2D eigenvalue weighted by Crippen LogP contribution is -2.37. The van der Waals surface area contributed by atoms with E-state index in [1.807, 2.05) is 34.6 Å². The molecule has 2 aliphatic rings. The lowest BCUT2D eigenvalue weighted by Gasteiger charge is -2.23. The first-order valence-corrected chi connectivity index (χ1v) is 7.20. The Bertz CT molecular complexity index is 606. The quantitative estimate of drug-likeness (QED) is 0.836. The van der Waals surface area contributed by atoms with Gasteiger partial charge in [-0.05, 0) is 20.8 Å². The summed E-state index contributed by atoms with van der Waals surface area (Å²) in [7, 11) is 0. The van der Waals surface area contributed by atoms with Crippen LogP contribution in [-0.2, 0) is 14.2 Å². The summed E-state index contributed by atoms with van der Waals surface area (Å²) < 4.78 is 18.6. The fourth-order valence-electron chi connectivity index (χ4n) is 2.63. The van der Waals surface area contributed by atoms with Crippen LogP contribution in [0.25, 0.3) is 0 Å². The van der Waals surface area contributed by atoms with Gasteiger partial charge in [-0.15, -0.1) is 0 Å². The van der Waals surface area contributed by atoms with Crippen LogP contribution in [0, 0.1) is 0 Å². The van der Waals surface area contributed by atoms with Crippen molar-refractivity contribution >= 4 is 0 Å². The predicted molar refractivity (Wildman–Crippen MR) is 76.1 cm³/mol. The normalized spacial score (nSPS) is 33.2. The molecule has 2 saturated heterocycles. The largest absolute Gasteiger partial charge is 0.349 e. The number of nitrogens with zero attached hydrogens (tertiary/aromatic N) is 1. The van der Waals surface area contributed by atoms with Gasteiger partial charge in [0.05, 0.1) is 6.10 Å². The number of nitrogens with one attached hydrogen (secondary N) is 1. The molecule has 1 N–H and O–H groups in total. The second-order valence-electron chi connectivity index (χ2n) is 5.31. The van der Waals surface area contributed by atoms with Crippen molar-refractivity contribution in [2.24, 2.45) is 0 Å². The minimum absolute atomic E-state index is 0.185. The molecular formula is C14H22N2O5. The first kappa shape index (κ1) is 15.9. The zero-order chi connectivity index (χ0) is 15.8. The van der Waals surface area contributed by atoms with E-state index in [9.17, 15) is 9.59 Å². The van der Waals surface area contributed by atoms with E-state index in [2.05, 4.69) is 4.98 Å². The van der Waals surface area contributed by atoms with Gasteiger partial charge in [0.15, 0.2) is 12.0 Å². The molecule has 1 aromatic rings. The average molecular weight is 298 g/mol. The molecule has 3 heterocycles. The molecule has 0 aromatic carbocycles. The summed E-state index contributed by atoms with van der Waals surface area (Å²) in [5.41, 5.74) is -0.952. The average Bonchev–Trinajstić information content (AvgIpc) is 2.88. The molecule has 0 aliphatic carbocycles. The van der Waals surface area contributed by atoms with E-state index >= 15 is 0 Å². The van der Waals surface area contributed by atoms with Gasteiger partial charge in [0.25, 0.3) is 5.56 Å². The van der Waals surface area contributed by atoms with E-state index in [1.54, 1.807) is 0 Å². The van der Waals surface area contributed by atoms with Crippen molar-refractivity contribution in [3.05, 3.63) is 33.1 Å². The molecule has 4 unspecified atom stereocenters. The number of aromatic amines is 1. The van der Waals surface area contributed by atoms with Crippen LogP contribution in [-0.4, -0.2) is 33.7 Å². The van der Waals surface area contributed by atoms with Crippen LogP contribution in [0.4, 0.5) is 0 Å². The van der Waals surface area contributed by atoms with E-state index in [0.717, 1.165) is 0 Å². The summed E-state index contributed by atoms with van der Waals surface area (Å²) in [4.78, 5) is 25.1. The number of ether oxygens (including phenoxy) is 3. The number of hydrogen-bond acceptors (Lipinski definition) is 5. The van der Waals surface area contributed by atoms with E-state index in [1.165, 1.54) is 16.8 Å². The third-order valence-corrected chi connectivity index (χ3v) is 3.39. The molecule has 0 bridgehead atoms. The molecular weight excluding hydrogens is 276 g/mol. The van der Waals surface area contributed by atoms with Gasteiger partial charge in [-0.25, -0.2) is 4.79 Å². The van der Waals surface area contributed by atoms with Gasteiger partial charge in [0.2, 0.25) is 0 Å². The van der Waals surface area contributed by atoms with E-state index < -0.39 is 23.3 Å². The second-order valence-corrected chi connectivity index (χ2v) is 5.31. The summed E-state index contributed by atoms with van der Waals surface area (Å²) in [5, 5.41) is 0. The molecule has 0 radical (unpaired) electrons. The van der Waals surface area contributed by atoms with E-state index in [-0.39, 0.29) is 18.3 Å². The Kier molecular flexibility index (Phi) is 4.36. The summed E-state index contributed by atoms with van der Waals surface area (Å²) in [6.07, 6.45) is 0.0458.